The summed E-state index contributed by atoms with van der Waals surface area (Å²) in [5.41, 5.74) is 0. The summed E-state index contributed by atoms with van der Waals surface area (Å²) < 4.78 is 0. The van der Waals surface area contributed by atoms with Gasteiger partial charge in [0.25, 0.3) is 0 Å². The molecule has 1 heteroatoms. The molecule has 0 radical (unpaired) electrons. The van der Waals surface area contributed by atoms with Crippen LogP contribution in [0.25, 0.3) is 0 Å². The lowest BCUT2D eigenvalue weighted by Gasteiger charge is -2.17. The Morgan fingerprint density at radius 2 is 2.43 bits per heavy atom. The van der Waals surface area contributed by atoms with Crippen molar-refractivity contribution in [2.75, 3.05) is 0 Å². The monoisotopic (exact) mass is 93.1 g/mol. The lowest BCUT2D eigenvalue weighted by atomic mass is 9.90. The molecule has 0 N–H and O–H groups in total. The summed E-state index contributed by atoms with van der Waals surface area (Å²) in [5.74, 6) is 0.792. The van der Waals surface area contributed by atoms with Crippen LogP contribution in [0.15, 0.2) is 17.1 Å². The van der Waals surface area contributed by atoms with Crippen LogP contribution in [0.3, 0.4) is 0 Å². The number of rotatable bonds is 0. The molecule has 0 aromatic rings. The van der Waals surface area contributed by atoms with Crippen molar-refractivity contribution in [1.29, 1.82) is 0 Å². The van der Waals surface area contributed by atoms with E-state index >= 15 is 0 Å². The minimum Gasteiger partial charge on any atom is -0.289 e. The minimum atomic E-state index is 0.583. The van der Waals surface area contributed by atoms with Crippen molar-refractivity contribution in [3.05, 3.63) is 12.2 Å². The van der Waals surface area contributed by atoms with Gasteiger partial charge in [-0.15, -0.1) is 0 Å². The average Bonchev–Trinajstić information content (AvgIpc) is 1.85. The van der Waals surface area contributed by atoms with E-state index < -0.39 is 0 Å². The van der Waals surface area contributed by atoms with Gasteiger partial charge in [-0.05, 0) is 6.42 Å². The van der Waals surface area contributed by atoms with Gasteiger partial charge in [0.1, 0.15) is 0 Å². The minimum absolute atomic E-state index is 0.583. The second-order valence-electron chi connectivity index (χ2n) is 2.11. The zero-order valence-electron chi connectivity index (χ0n) is 4.04. The van der Waals surface area contributed by atoms with Gasteiger partial charge in [-0.2, -0.15) is 0 Å². The Bertz CT molecular complexity index is 135. The maximum atomic E-state index is 4.19. The number of hydrogen-bond acceptors (Lipinski definition) is 1. The molecule has 36 valence electrons. The Hall–Kier alpha value is -0.590. The summed E-state index contributed by atoms with van der Waals surface area (Å²) in [4.78, 5) is 4.19. The third kappa shape index (κ3) is 0.303. The third-order valence-corrected chi connectivity index (χ3v) is 1.65. The van der Waals surface area contributed by atoms with E-state index in [0.29, 0.717) is 6.04 Å². The predicted molar refractivity (Wildman–Crippen MR) is 29.5 cm³/mol. The van der Waals surface area contributed by atoms with Gasteiger partial charge in [0.05, 0.1) is 6.04 Å². The van der Waals surface area contributed by atoms with Crippen molar-refractivity contribution in [2.24, 2.45) is 10.9 Å². The molecule has 0 aromatic heterocycles. The molecule has 2 atom stereocenters. The van der Waals surface area contributed by atoms with E-state index in [1.165, 1.54) is 6.42 Å². The first kappa shape index (κ1) is 3.42. The van der Waals surface area contributed by atoms with Gasteiger partial charge in [-0.1, -0.05) is 12.2 Å². The number of hydrogen-bond donors (Lipinski definition) is 0. The first-order valence-corrected chi connectivity index (χ1v) is 2.67. The zero-order chi connectivity index (χ0) is 4.69. The predicted octanol–water partition coefficient (Wildman–Crippen LogP) is 1.02. The van der Waals surface area contributed by atoms with E-state index in [1.807, 2.05) is 6.21 Å². The average molecular weight is 93.1 g/mol. The fraction of sp³-hybridized carbons (Fsp3) is 0.500. The number of fused-ring (bicyclic) bond motifs is 1. The lowest BCUT2D eigenvalue weighted by Crippen LogP contribution is -2.16. The number of aliphatic imine (C=N–C) groups is 1. The Labute approximate surface area is 42.8 Å². The van der Waals surface area contributed by atoms with Gasteiger partial charge in [0.15, 0.2) is 0 Å². The Kier molecular flexibility index (Phi) is 0.474. The van der Waals surface area contributed by atoms with E-state index in [4.69, 9.17) is 0 Å². The van der Waals surface area contributed by atoms with Gasteiger partial charge >= 0.3 is 0 Å². The van der Waals surface area contributed by atoms with Crippen molar-refractivity contribution in [1.82, 2.24) is 0 Å². The van der Waals surface area contributed by atoms with Gasteiger partial charge in [0, 0.05) is 12.1 Å². The maximum Gasteiger partial charge on any atom is 0.0742 e. The molecule has 1 aliphatic carbocycles. The molecular weight excluding hydrogens is 86.1 g/mol. The highest BCUT2D eigenvalue weighted by Gasteiger charge is 2.25. The van der Waals surface area contributed by atoms with Gasteiger partial charge in [0.2, 0.25) is 0 Å². The molecule has 0 aromatic carbocycles. The molecule has 2 aliphatic rings. The molecule has 0 bridgehead atoms. The van der Waals surface area contributed by atoms with Gasteiger partial charge in [-0.25, -0.2) is 0 Å². The Morgan fingerprint density at radius 1 is 1.43 bits per heavy atom. The molecule has 1 nitrogen and oxygen atoms in total. The van der Waals surface area contributed by atoms with Crippen LogP contribution in [-0.4, -0.2) is 12.3 Å². The van der Waals surface area contributed by atoms with Crippen LogP contribution in [0.2, 0.25) is 0 Å². The second-order valence-corrected chi connectivity index (χ2v) is 2.11. The summed E-state index contributed by atoms with van der Waals surface area (Å²) in [7, 11) is 0. The maximum absolute atomic E-state index is 4.19. The summed E-state index contributed by atoms with van der Waals surface area (Å²) in [6.45, 7) is 0. The smallest absolute Gasteiger partial charge is 0.0742 e. The third-order valence-electron chi connectivity index (χ3n) is 1.65. The summed E-state index contributed by atoms with van der Waals surface area (Å²) in [5, 5.41) is 0. The quantitative estimate of drug-likeness (QED) is 0.396. The van der Waals surface area contributed by atoms with Crippen molar-refractivity contribution in [2.45, 2.75) is 12.5 Å². The fourth-order valence-electron chi connectivity index (χ4n) is 1.05. The van der Waals surface area contributed by atoms with Gasteiger partial charge in [-0.3, -0.25) is 4.99 Å². The van der Waals surface area contributed by atoms with Crippen LogP contribution < -0.4 is 0 Å². The van der Waals surface area contributed by atoms with Crippen molar-refractivity contribution in [3.8, 4) is 0 Å². The van der Waals surface area contributed by atoms with Crippen LogP contribution in [0.4, 0.5) is 0 Å². The summed E-state index contributed by atoms with van der Waals surface area (Å²) >= 11 is 0. The van der Waals surface area contributed by atoms with Crippen LogP contribution in [0.5, 0.6) is 0 Å². The zero-order valence-corrected chi connectivity index (χ0v) is 4.04. The molecule has 0 saturated heterocycles. The summed E-state index contributed by atoms with van der Waals surface area (Å²) in [6.07, 6.45) is 7.60. The van der Waals surface area contributed by atoms with Crippen molar-refractivity contribution >= 4 is 6.21 Å². The fourth-order valence-corrected chi connectivity index (χ4v) is 1.05. The molecule has 0 saturated carbocycles. The van der Waals surface area contributed by atoms with Crippen LogP contribution >= 0.6 is 0 Å². The van der Waals surface area contributed by atoms with E-state index in [9.17, 15) is 0 Å². The molecule has 2 rings (SSSR count). The lowest BCUT2D eigenvalue weighted by molar-refractivity contribution is 0.586. The van der Waals surface area contributed by atoms with Crippen LogP contribution in [-0.2, 0) is 0 Å². The van der Waals surface area contributed by atoms with E-state index in [-0.39, 0.29) is 0 Å². The van der Waals surface area contributed by atoms with Crippen LogP contribution in [0, 0.1) is 5.92 Å². The first-order valence-electron chi connectivity index (χ1n) is 2.67. The topological polar surface area (TPSA) is 12.4 Å². The van der Waals surface area contributed by atoms with E-state index in [2.05, 4.69) is 17.1 Å². The molecule has 1 heterocycles. The molecule has 1 aliphatic heterocycles. The SMILES string of the molecule is C1=CC2N=CCC12. The molecule has 0 fully saturated rings. The second kappa shape index (κ2) is 0.971. The standard InChI is InChI=1S/C6H7N/c1-2-6-5(1)3-4-7-6/h1-2,4-6H,3H2. The number of nitrogens with zero attached hydrogens (tertiary/aromatic N) is 1. The van der Waals surface area contributed by atoms with Gasteiger partial charge < -0.3 is 0 Å². The highest BCUT2D eigenvalue weighted by atomic mass is 14.8. The first-order chi connectivity index (χ1) is 3.47. The van der Waals surface area contributed by atoms with E-state index in [0.717, 1.165) is 5.92 Å². The largest absolute Gasteiger partial charge is 0.289 e. The van der Waals surface area contributed by atoms with Crippen molar-refractivity contribution < 1.29 is 0 Å². The highest BCUT2D eigenvalue weighted by Crippen LogP contribution is 2.27. The van der Waals surface area contributed by atoms with Crippen molar-refractivity contribution in [3.63, 3.8) is 0 Å². The summed E-state index contributed by atoms with van der Waals surface area (Å²) in [6, 6.07) is 0.583. The molecule has 7 heavy (non-hydrogen) atoms. The molecule has 0 spiro atoms. The molecule has 0 amide bonds. The van der Waals surface area contributed by atoms with E-state index in [1.54, 1.807) is 0 Å². The highest BCUT2D eigenvalue weighted by molar-refractivity contribution is 5.63. The normalized spacial score (nSPS) is 43.4. The Morgan fingerprint density at radius 3 is 2.71 bits per heavy atom. The Balaban J connectivity index is 2.29. The molecule has 2 unspecified atom stereocenters. The molecular formula is C6H7N. The van der Waals surface area contributed by atoms with Crippen LogP contribution in [0.1, 0.15) is 6.42 Å².